The Balaban J connectivity index is 1.52. The van der Waals surface area contributed by atoms with Crippen LogP contribution in [0.2, 0.25) is 0 Å². The normalized spacial score (nSPS) is 20.7. The summed E-state index contributed by atoms with van der Waals surface area (Å²) in [5, 5.41) is 7.96. The lowest BCUT2D eigenvalue weighted by molar-refractivity contribution is -0.120. The van der Waals surface area contributed by atoms with Crippen molar-refractivity contribution in [2.45, 2.75) is 45.6 Å². The molecule has 25 heavy (non-hydrogen) atoms. The van der Waals surface area contributed by atoms with Crippen LogP contribution in [0.15, 0.2) is 22.8 Å². The van der Waals surface area contributed by atoms with Gasteiger partial charge in [0.2, 0.25) is 5.91 Å². The molecule has 1 aromatic heterocycles. The number of hydrogen-bond acceptors (Lipinski definition) is 5. The summed E-state index contributed by atoms with van der Waals surface area (Å²) in [7, 11) is 0. The fourth-order valence-corrected chi connectivity index (χ4v) is 4.11. The van der Waals surface area contributed by atoms with Crippen molar-refractivity contribution in [3.8, 4) is 0 Å². The molecule has 0 bridgehead atoms. The van der Waals surface area contributed by atoms with Gasteiger partial charge in [0.15, 0.2) is 0 Å². The first-order chi connectivity index (χ1) is 12.1. The molecular formula is C19H24N4O2. The van der Waals surface area contributed by atoms with Crippen molar-refractivity contribution in [1.82, 2.24) is 15.2 Å². The Labute approximate surface area is 147 Å². The molecule has 1 fully saturated rings. The van der Waals surface area contributed by atoms with Crippen molar-refractivity contribution in [2.75, 3.05) is 24.5 Å². The first kappa shape index (κ1) is 16.3. The first-order valence-corrected chi connectivity index (χ1v) is 9.06. The monoisotopic (exact) mass is 340 g/mol. The molecular weight excluding hydrogens is 316 g/mol. The molecule has 0 unspecified atom stereocenters. The molecule has 1 atom stereocenters. The molecule has 2 aliphatic rings. The Morgan fingerprint density at radius 1 is 1.24 bits per heavy atom. The Hall–Kier alpha value is -2.21. The highest BCUT2D eigenvalue weighted by molar-refractivity contribution is 5.96. The SMILES string of the molecule is Cc1ccc2c(c1)CCCN2C(=O)CN1CCC[C@@H]1c1nonc1C. The summed E-state index contributed by atoms with van der Waals surface area (Å²) < 4.78 is 4.86. The fraction of sp³-hybridized carbons (Fsp3) is 0.526. The van der Waals surface area contributed by atoms with Crippen molar-refractivity contribution in [2.24, 2.45) is 0 Å². The van der Waals surface area contributed by atoms with E-state index >= 15 is 0 Å². The number of amides is 1. The van der Waals surface area contributed by atoms with Crippen LogP contribution in [-0.2, 0) is 11.2 Å². The standard InChI is InChI=1S/C19H24N4O2/c1-13-7-8-16-15(11-13)5-3-10-23(16)18(24)12-22-9-4-6-17(22)19-14(2)20-25-21-19/h7-8,11,17H,3-6,9-10,12H2,1-2H3/t17-/m1/s1. The van der Waals surface area contributed by atoms with Crippen molar-refractivity contribution >= 4 is 11.6 Å². The van der Waals surface area contributed by atoms with E-state index in [1.807, 2.05) is 11.8 Å². The molecule has 0 spiro atoms. The van der Waals surface area contributed by atoms with E-state index in [0.717, 1.165) is 55.8 Å². The summed E-state index contributed by atoms with van der Waals surface area (Å²) in [6, 6.07) is 6.53. The maximum atomic E-state index is 13.0. The number of nitrogens with zero attached hydrogens (tertiary/aromatic N) is 4. The highest BCUT2D eigenvalue weighted by Gasteiger charge is 2.33. The number of hydrogen-bond donors (Lipinski definition) is 0. The van der Waals surface area contributed by atoms with E-state index in [0.29, 0.717) is 6.54 Å². The maximum absolute atomic E-state index is 13.0. The van der Waals surface area contributed by atoms with Gasteiger partial charge >= 0.3 is 0 Å². The van der Waals surface area contributed by atoms with Crippen LogP contribution in [0.1, 0.15) is 47.8 Å². The zero-order valence-electron chi connectivity index (χ0n) is 14.9. The van der Waals surface area contributed by atoms with Gasteiger partial charge in [-0.25, -0.2) is 4.63 Å². The van der Waals surface area contributed by atoms with Crippen LogP contribution in [0.3, 0.4) is 0 Å². The van der Waals surface area contributed by atoms with Crippen LogP contribution in [0.4, 0.5) is 5.69 Å². The van der Waals surface area contributed by atoms with Gasteiger partial charge in [-0.15, -0.1) is 0 Å². The van der Waals surface area contributed by atoms with Gasteiger partial charge in [0, 0.05) is 12.2 Å². The van der Waals surface area contributed by atoms with Crippen LogP contribution in [0, 0.1) is 13.8 Å². The van der Waals surface area contributed by atoms with Crippen molar-refractivity contribution in [3.05, 3.63) is 40.7 Å². The van der Waals surface area contributed by atoms with E-state index in [-0.39, 0.29) is 11.9 Å². The molecule has 1 saturated heterocycles. The smallest absolute Gasteiger partial charge is 0.241 e. The lowest BCUT2D eigenvalue weighted by atomic mass is 9.99. The lowest BCUT2D eigenvalue weighted by Gasteiger charge is -2.32. The Bertz CT molecular complexity index is 785. The molecule has 2 aromatic rings. The summed E-state index contributed by atoms with van der Waals surface area (Å²) in [4.78, 5) is 17.2. The van der Waals surface area contributed by atoms with E-state index in [1.54, 1.807) is 0 Å². The van der Waals surface area contributed by atoms with Gasteiger partial charge in [-0.2, -0.15) is 0 Å². The second-order valence-corrected chi connectivity index (χ2v) is 7.14. The number of carbonyl (C=O) groups is 1. The minimum Gasteiger partial charge on any atom is -0.311 e. The summed E-state index contributed by atoms with van der Waals surface area (Å²) in [5.41, 5.74) is 5.32. The molecule has 0 radical (unpaired) electrons. The van der Waals surface area contributed by atoms with Crippen LogP contribution in [0.5, 0.6) is 0 Å². The molecule has 0 aliphatic carbocycles. The number of fused-ring (bicyclic) bond motifs is 1. The highest BCUT2D eigenvalue weighted by Crippen LogP contribution is 2.33. The highest BCUT2D eigenvalue weighted by atomic mass is 16.6. The zero-order chi connectivity index (χ0) is 17.4. The maximum Gasteiger partial charge on any atom is 0.241 e. The van der Waals surface area contributed by atoms with Gasteiger partial charge in [-0.3, -0.25) is 9.69 Å². The number of likely N-dealkylation sites (tertiary alicyclic amines) is 1. The number of anilines is 1. The second-order valence-electron chi connectivity index (χ2n) is 7.14. The van der Waals surface area contributed by atoms with E-state index in [1.165, 1.54) is 11.1 Å². The van der Waals surface area contributed by atoms with Crippen molar-refractivity contribution in [1.29, 1.82) is 0 Å². The quantitative estimate of drug-likeness (QED) is 0.860. The molecule has 0 saturated carbocycles. The molecule has 6 nitrogen and oxygen atoms in total. The van der Waals surface area contributed by atoms with E-state index in [2.05, 4.69) is 40.3 Å². The van der Waals surface area contributed by atoms with Crippen LogP contribution in [-0.4, -0.2) is 40.8 Å². The fourth-order valence-electron chi connectivity index (χ4n) is 4.11. The van der Waals surface area contributed by atoms with Crippen LogP contribution in [0.25, 0.3) is 0 Å². The third kappa shape index (κ3) is 3.06. The molecule has 2 aliphatic heterocycles. The molecule has 6 heteroatoms. The number of aromatic nitrogens is 2. The van der Waals surface area contributed by atoms with E-state index < -0.39 is 0 Å². The van der Waals surface area contributed by atoms with E-state index in [4.69, 9.17) is 4.63 Å². The predicted molar refractivity (Wildman–Crippen MR) is 94.4 cm³/mol. The summed E-state index contributed by atoms with van der Waals surface area (Å²) in [6.45, 7) is 6.15. The lowest BCUT2D eigenvalue weighted by Crippen LogP contribution is -2.42. The first-order valence-electron chi connectivity index (χ1n) is 9.06. The largest absolute Gasteiger partial charge is 0.311 e. The van der Waals surface area contributed by atoms with Gasteiger partial charge in [-0.1, -0.05) is 28.0 Å². The van der Waals surface area contributed by atoms with Gasteiger partial charge in [0.05, 0.1) is 12.6 Å². The number of benzene rings is 1. The summed E-state index contributed by atoms with van der Waals surface area (Å²) >= 11 is 0. The molecule has 1 aromatic carbocycles. The zero-order valence-corrected chi connectivity index (χ0v) is 14.9. The summed E-state index contributed by atoms with van der Waals surface area (Å²) in [5.74, 6) is 0.172. The van der Waals surface area contributed by atoms with Gasteiger partial charge in [-0.05, 0) is 57.7 Å². The Morgan fingerprint density at radius 2 is 2.12 bits per heavy atom. The van der Waals surface area contributed by atoms with Crippen molar-refractivity contribution < 1.29 is 9.42 Å². The minimum absolute atomic E-state index is 0.137. The molecule has 4 rings (SSSR count). The third-order valence-corrected chi connectivity index (χ3v) is 5.36. The van der Waals surface area contributed by atoms with Gasteiger partial charge < -0.3 is 4.90 Å². The predicted octanol–water partition coefficient (Wildman–Crippen LogP) is 2.80. The molecule has 132 valence electrons. The number of rotatable bonds is 3. The minimum atomic E-state index is 0.137. The molecule has 0 N–H and O–H groups in total. The van der Waals surface area contributed by atoms with Gasteiger partial charge in [0.1, 0.15) is 11.4 Å². The Morgan fingerprint density at radius 3 is 2.92 bits per heavy atom. The summed E-state index contributed by atoms with van der Waals surface area (Å²) in [6.07, 6.45) is 4.15. The Kier molecular flexibility index (Phi) is 4.29. The second kappa shape index (κ2) is 6.59. The van der Waals surface area contributed by atoms with Crippen molar-refractivity contribution in [3.63, 3.8) is 0 Å². The third-order valence-electron chi connectivity index (χ3n) is 5.36. The van der Waals surface area contributed by atoms with Crippen LogP contribution >= 0.6 is 0 Å². The number of carbonyl (C=O) groups excluding carboxylic acids is 1. The number of aryl methyl sites for hydroxylation is 3. The topological polar surface area (TPSA) is 62.5 Å². The van der Waals surface area contributed by atoms with Gasteiger partial charge in [0.25, 0.3) is 0 Å². The average molecular weight is 340 g/mol. The molecule has 3 heterocycles. The molecule has 1 amide bonds. The average Bonchev–Trinajstić information content (AvgIpc) is 3.22. The van der Waals surface area contributed by atoms with E-state index in [9.17, 15) is 4.79 Å². The van der Waals surface area contributed by atoms with Crippen LogP contribution < -0.4 is 4.90 Å².